The van der Waals surface area contributed by atoms with Crippen molar-refractivity contribution in [2.24, 2.45) is 0 Å². The monoisotopic (exact) mass is 423 g/mol. The first-order chi connectivity index (χ1) is 14.2. The maximum atomic E-state index is 13.1. The quantitative estimate of drug-likeness (QED) is 0.541. The zero-order chi connectivity index (χ0) is 21.9. The number of hydrogen-bond donors (Lipinski definition) is 0. The van der Waals surface area contributed by atoms with Gasteiger partial charge in [-0.05, 0) is 23.8 Å². The van der Waals surface area contributed by atoms with Gasteiger partial charge in [0.05, 0.1) is 35.0 Å². The van der Waals surface area contributed by atoms with Crippen LogP contribution in [0.15, 0.2) is 42.5 Å². The molecule has 30 heavy (non-hydrogen) atoms. The number of nitrogens with zero attached hydrogens (tertiary/aromatic N) is 3. The number of ether oxygens (including phenoxy) is 1. The highest BCUT2D eigenvalue weighted by Gasteiger charge is 2.30. The van der Waals surface area contributed by atoms with Crippen LogP contribution in [0.5, 0.6) is 0 Å². The third-order valence-electron chi connectivity index (χ3n) is 4.79. The van der Waals surface area contributed by atoms with Crippen LogP contribution < -0.4 is 4.90 Å². The van der Waals surface area contributed by atoms with Gasteiger partial charge in [0.25, 0.3) is 11.6 Å². The number of hydrogen-bond acceptors (Lipinski definition) is 5. The Bertz CT molecular complexity index is 943. The number of carbonyl (C=O) groups excluding carboxylic acids is 1. The molecule has 0 atom stereocenters. The van der Waals surface area contributed by atoms with Crippen LogP contribution in [-0.2, 0) is 17.5 Å². The molecular weight excluding hydrogens is 403 g/mol. The van der Waals surface area contributed by atoms with E-state index in [1.54, 1.807) is 0 Å². The van der Waals surface area contributed by atoms with Gasteiger partial charge >= 0.3 is 6.18 Å². The summed E-state index contributed by atoms with van der Waals surface area (Å²) in [7, 11) is 1.45. The predicted octanol–water partition coefficient (Wildman–Crippen LogP) is 3.72. The minimum Gasteiger partial charge on any atom is -0.378 e. The average molecular weight is 423 g/mol. The molecule has 3 rings (SSSR count). The molecule has 2 aromatic carbocycles. The molecule has 0 radical (unpaired) electrons. The Hall–Kier alpha value is -3.14. The summed E-state index contributed by atoms with van der Waals surface area (Å²) in [5.74, 6) is -0.516. The second-order valence-electron chi connectivity index (χ2n) is 6.92. The van der Waals surface area contributed by atoms with Crippen LogP contribution in [0.4, 0.5) is 24.5 Å². The number of morpholine rings is 1. The van der Waals surface area contributed by atoms with Gasteiger partial charge in [0.15, 0.2) is 0 Å². The van der Waals surface area contributed by atoms with Crippen molar-refractivity contribution < 1.29 is 27.6 Å². The van der Waals surface area contributed by atoms with E-state index in [0.717, 1.165) is 12.1 Å². The molecule has 0 bridgehead atoms. The topological polar surface area (TPSA) is 75.9 Å². The molecule has 2 aromatic rings. The highest BCUT2D eigenvalue weighted by atomic mass is 19.4. The number of benzene rings is 2. The standard InChI is InChI=1S/C20H20F3N3O4/c1-24(13-14-3-2-4-15(11-14)20(21,22)23)19(27)17-12-16(26(28)29)5-6-18(17)25-7-9-30-10-8-25/h2-6,11-12H,7-10,13H2,1H3. The summed E-state index contributed by atoms with van der Waals surface area (Å²) in [6.07, 6.45) is -4.48. The van der Waals surface area contributed by atoms with Crippen LogP contribution in [0.2, 0.25) is 0 Å². The maximum Gasteiger partial charge on any atom is 0.416 e. The second kappa shape index (κ2) is 8.70. The SMILES string of the molecule is CN(Cc1cccc(C(F)(F)F)c1)C(=O)c1cc([N+](=O)[O-])ccc1N1CCOCC1. The second-order valence-corrected chi connectivity index (χ2v) is 6.92. The van der Waals surface area contributed by atoms with Gasteiger partial charge in [-0.3, -0.25) is 14.9 Å². The largest absolute Gasteiger partial charge is 0.416 e. The van der Waals surface area contributed by atoms with Crippen molar-refractivity contribution in [1.29, 1.82) is 0 Å². The fourth-order valence-corrected chi connectivity index (χ4v) is 3.29. The van der Waals surface area contributed by atoms with E-state index in [1.807, 2.05) is 4.90 Å². The maximum absolute atomic E-state index is 13.1. The van der Waals surface area contributed by atoms with Gasteiger partial charge in [0.2, 0.25) is 0 Å². The lowest BCUT2D eigenvalue weighted by atomic mass is 10.1. The number of nitro groups is 1. The van der Waals surface area contributed by atoms with E-state index < -0.39 is 22.6 Å². The molecule has 0 aliphatic carbocycles. The summed E-state index contributed by atoms with van der Waals surface area (Å²) in [5.41, 5.74) is -0.0718. The van der Waals surface area contributed by atoms with E-state index in [0.29, 0.717) is 37.6 Å². The summed E-state index contributed by atoms with van der Waals surface area (Å²) in [4.78, 5) is 26.8. The molecular formula is C20H20F3N3O4. The van der Waals surface area contributed by atoms with Crippen molar-refractivity contribution in [1.82, 2.24) is 4.90 Å². The molecule has 10 heteroatoms. The lowest BCUT2D eigenvalue weighted by molar-refractivity contribution is -0.384. The van der Waals surface area contributed by atoms with Crippen LogP contribution in [0.1, 0.15) is 21.5 Å². The van der Waals surface area contributed by atoms with Crippen molar-refractivity contribution in [3.63, 3.8) is 0 Å². The number of carbonyl (C=O) groups is 1. The average Bonchev–Trinajstić information content (AvgIpc) is 2.73. The third-order valence-corrected chi connectivity index (χ3v) is 4.79. The zero-order valence-electron chi connectivity index (χ0n) is 16.2. The summed E-state index contributed by atoms with van der Waals surface area (Å²) >= 11 is 0. The van der Waals surface area contributed by atoms with E-state index in [9.17, 15) is 28.1 Å². The summed E-state index contributed by atoms with van der Waals surface area (Å²) in [6, 6.07) is 8.78. The third kappa shape index (κ3) is 4.88. The molecule has 7 nitrogen and oxygen atoms in total. The molecule has 1 fully saturated rings. The molecule has 1 aliphatic heterocycles. The zero-order valence-corrected chi connectivity index (χ0v) is 16.2. The summed E-state index contributed by atoms with van der Waals surface area (Å²) in [6.45, 7) is 1.90. The molecule has 1 heterocycles. The number of halogens is 3. The number of non-ortho nitro benzene ring substituents is 1. The van der Waals surface area contributed by atoms with Crippen molar-refractivity contribution in [3.8, 4) is 0 Å². The Morgan fingerprint density at radius 3 is 2.53 bits per heavy atom. The van der Waals surface area contributed by atoms with E-state index >= 15 is 0 Å². The Balaban J connectivity index is 1.89. The smallest absolute Gasteiger partial charge is 0.378 e. The van der Waals surface area contributed by atoms with Crippen molar-refractivity contribution in [2.75, 3.05) is 38.3 Å². The first-order valence-electron chi connectivity index (χ1n) is 9.19. The minimum absolute atomic E-state index is 0.0754. The Kier molecular flexibility index (Phi) is 6.25. The van der Waals surface area contributed by atoms with Crippen LogP contribution in [0, 0.1) is 10.1 Å². The molecule has 0 N–H and O–H groups in total. The molecule has 1 amide bonds. The minimum atomic E-state index is -4.48. The van der Waals surface area contributed by atoms with E-state index in [2.05, 4.69) is 0 Å². The normalized spacial score (nSPS) is 14.5. The Labute approximate surface area is 170 Å². The van der Waals surface area contributed by atoms with E-state index in [4.69, 9.17) is 4.74 Å². The highest BCUT2D eigenvalue weighted by molar-refractivity contribution is 6.00. The van der Waals surface area contributed by atoms with Crippen LogP contribution in [-0.4, -0.2) is 49.1 Å². The van der Waals surface area contributed by atoms with Crippen molar-refractivity contribution in [2.45, 2.75) is 12.7 Å². The van der Waals surface area contributed by atoms with Gasteiger partial charge in [-0.2, -0.15) is 13.2 Å². The van der Waals surface area contributed by atoms with Gasteiger partial charge in [0.1, 0.15) is 0 Å². The Morgan fingerprint density at radius 1 is 1.20 bits per heavy atom. The fourth-order valence-electron chi connectivity index (χ4n) is 3.29. The predicted molar refractivity (Wildman–Crippen MR) is 103 cm³/mol. The van der Waals surface area contributed by atoms with Gasteiger partial charge in [-0.1, -0.05) is 12.1 Å². The van der Waals surface area contributed by atoms with Gasteiger partial charge in [-0.15, -0.1) is 0 Å². The Morgan fingerprint density at radius 2 is 1.90 bits per heavy atom. The first-order valence-corrected chi connectivity index (χ1v) is 9.19. The molecule has 160 valence electrons. The lowest BCUT2D eigenvalue weighted by Gasteiger charge is -2.31. The summed E-state index contributed by atoms with van der Waals surface area (Å²) < 4.78 is 44.2. The number of rotatable bonds is 5. The van der Waals surface area contributed by atoms with E-state index in [-0.39, 0.29) is 17.8 Å². The van der Waals surface area contributed by atoms with Crippen molar-refractivity contribution >= 4 is 17.3 Å². The number of anilines is 1. The van der Waals surface area contributed by atoms with Crippen LogP contribution >= 0.6 is 0 Å². The molecule has 1 aliphatic rings. The highest BCUT2D eigenvalue weighted by Crippen LogP contribution is 2.31. The molecule has 0 spiro atoms. The number of nitro benzene ring substituents is 1. The number of alkyl halides is 3. The molecule has 0 saturated carbocycles. The van der Waals surface area contributed by atoms with Gasteiger partial charge in [-0.25, -0.2) is 0 Å². The molecule has 0 unspecified atom stereocenters. The molecule has 0 aromatic heterocycles. The van der Waals surface area contributed by atoms with Crippen LogP contribution in [0.3, 0.4) is 0 Å². The van der Waals surface area contributed by atoms with E-state index in [1.165, 1.54) is 42.3 Å². The summed E-state index contributed by atoms with van der Waals surface area (Å²) in [5, 5.41) is 11.2. The van der Waals surface area contributed by atoms with Gasteiger partial charge in [0, 0.05) is 38.8 Å². The fraction of sp³-hybridized carbons (Fsp3) is 0.350. The lowest BCUT2D eigenvalue weighted by Crippen LogP contribution is -2.38. The van der Waals surface area contributed by atoms with Crippen LogP contribution in [0.25, 0.3) is 0 Å². The molecule has 1 saturated heterocycles. The number of amides is 1. The van der Waals surface area contributed by atoms with Crippen molar-refractivity contribution in [3.05, 3.63) is 69.3 Å². The van der Waals surface area contributed by atoms with Gasteiger partial charge < -0.3 is 14.5 Å². The first kappa shape index (κ1) is 21.6.